The third-order valence-corrected chi connectivity index (χ3v) is 2.38. The van der Waals surface area contributed by atoms with Gasteiger partial charge in [0.15, 0.2) is 0 Å². The summed E-state index contributed by atoms with van der Waals surface area (Å²) < 4.78 is 5.07. The fraction of sp³-hybridized carbons (Fsp3) is 0.417. The topological polar surface area (TPSA) is 67.6 Å². The van der Waals surface area contributed by atoms with Crippen molar-refractivity contribution < 1.29 is 9.53 Å². The summed E-state index contributed by atoms with van der Waals surface area (Å²) in [5.74, 6) is 0.341. The van der Waals surface area contributed by atoms with Crippen molar-refractivity contribution in [1.82, 2.24) is 10.2 Å². The van der Waals surface area contributed by atoms with Gasteiger partial charge in [-0.3, -0.25) is 4.79 Å². The second-order valence-electron chi connectivity index (χ2n) is 3.98. The number of amides is 1. The molecule has 0 bridgehead atoms. The average molecular weight is 237 g/mol. The van der Waals surface area contributed by atoms with Gasteiger partial charge in [0.05, 0.1) is 18.4 Å². The van der Waals surface area contributed by atoms with Gasteiger partial charge in [0.2, 0.25) is 0 Å². The van der Waals surface area contributed by atoms with E-state index < -0.39 is 0 Å². The molecule has 94 valence electrons. The molecule has 0 fully saturated rings. The highest BCUT2D eigenvalue weighted by Gasteiger charge is 2.12. The molecule has 5 nitrogen and oxygen atoms in total. The van der Waals surface area contributed by atoms with Gasteiger partial charge in [-0.2, -0.15) is 0 Å². The number of hydrogen-bond donors (Lipinski definition) is 2. The van der Waals surface area contributed by atoms with Crippen molar-refractivity contribution in [1.29, 1.82) is 0 Å². The van der Waals surface area contributed by atoms with Crippen molar-refractivity contribution in [3.63, 3.8) is 0 Å². The molecule has 0 radical (unpaired) electrons. The van der Waals surface area contributed by atoms with Crippen molar-refractivity contribution in [2.75, 3.05) is 40.0 Å². The second kappa shape index (κ2) is 6.10. The second-order valence-corrected chi connectivity index (χ2v) is 3.98. The number of carbonyl (C=O) groups excluding carboxylic acids is 1. The van der Waals surface area contributed by atoms with Crippen LogP contribution in [0.2, 0.25) is 0 Å². The summed E-state index contributed by atoms with van der Waals surface area (Å²) in [5.41, 5.74) is 6.65. The summed E-state index contributed by atoms with van der Waals surface area (Å²) in [6.07, 6.45) is 0. The maximum atomic E-state index is 11.8. The summed E-state index contributed by atoms with van der Waals surface area (Å²) in [7, 11) is 5.43. The minimum absolute atomic E-state index is 0.178. The molecule has 1 aromatic carbocycles. The van der Waals surface area contributed by atoms with Crippen molar-refractivity contribution >= 4 is 11.6 Å². The van der Waals surface area contributed by atoms with Crippen molar-refractivity contribution in [2.45, 2.75) is 0 Å². The predicted molar refractivity (Wildman–Crippen MR) is 68.3 cm³/mol. The minimum atomic E-state index is -0.178. The Morgan fingerprint density at radius 1 is 1.47 bits per heavy atom. The number of methoxy groups -OCH3 is 1. The fourth-order valence-corrected chi connectivity index (χ4v) is 1.41. The smallest absolute Gasteiger partial charge is 0.253 e. The lowest BCUT2D eigenvalue weighted by Crippen LogP contribution is -2.31. The van der Waals surface area contributed by atoms with Crippen LogP contribution in [0.15, 0.2) is 18.2 Å². The van der Waals surface area contributed by atoms with Gasteiger partial charge in [0.1, 0.15) is 5.75 Å². The summed E-state index contributed by atoms with van der Waals surface area (Å²) in [6, 6.07) is 5.16. The Morgan fingerprint density at radius 2 is 2.18 bits per heavy atom. The number of rotatable bonds is 5. The lowest BCUT2D eigenvalue weighted by molar-refractivity contribution is 0.0951. The van der Waals surface area contributed by atoms with Crippen LogP contribution in [0.3, 0.4) is 0 Å². The van der Waals surface area contributed by atoms with E-state index in [2.05, 4.69) is 5.32 Å². The van der Waals surface area contributed by atoms with Gasteiger partial charge in [-0.25, -0.2) is 0 Å². The molecule has 0 aliphatic heterocycles. The zero-order valence-electron chi connectivity index (χ0n) is 10.5. The quantitative estimate of drug-likeness (QED) is 0.735. The molecule has 0 heterocycles. The van der Waals surface area contributed by atoms with E-state index in [0.29, 0.717) is 23.5 Å². The van der Waals surface area contributed by atoms with Crippen LogP contribution in [0.4, 0.5) is 5.69 Å². The third kappa shape index (κ3) is 3.64. The zero-order chi connectivity index (χ0) is 12.8. The first kappa shape index (κ1) is 13.3. The minimum Gasteiger partial charge on any atom is -0.495 e. The van der Waals surface area contributed by atoms with Crippen LogP contribution < -0.4 is 15.8 Å². The molecule has 0 saturated carbocycles. The number of carbonyl (C=O) groups is 1. The first-order valence-corrected chi connectivity index (χ1v) is 5.41. The number of nitrogen functional groups attached to an aromatic ring is 1. The van der Waals surface area contributed by atoms with E-state index >= 15 is 0 Å². The van der Waals surface area contributed by atoms with Crippen LogP contribution in [-0.4, -0.2) is 45.1 Å². The SMILES string of the molecule is COc1cccc(C(=O)NCCN(C)C)c1N. The Bertz CT molecular complexity index is 391. The number of anilines is 1. The largest absolute Gasteiger partial charge is 0.495 e. The standard InChI is InChI=1S/C12H19N3O2/c1-15(2)8-7-14-12(16)9-5-4-6-10(17-3)11(9)13/h4-6H,7-8,13H2,1-3H3,(H,14,16). The maximum absolute atomic E-state index is 11.8. The van der Waals surface area contributed by atoms with Crippen molar-refractivity contribution in [3.05, 3.63) is 23.8 Å². The molecule has 0 spiro atoms. The third-order valence-electron chi connectivity index (χ3n) is 2.38. The van der Waals surface area contributed by atoms with Gasteiger partial charge in [0.25, 0.3) is 5.91 Å². The molecule has 0 atom stereocenters. The van der Waals surface area contributed by atoms with E-state index in [1.54, 1.807) is 18.2 Å². The molecule has 0 aliphatic rings. The van der Waals surface area contributed by atoms with E-state index in [9.17, 15) is 4.79 Å². The molecule has 1 rings (SSSR count). The van der Waals surface area contributed by atoms with Crippen molar-refractivity contribution in [3.8, 4) is 5.75 Å². The first-order chi connectivity index (χ1) is 8.06. The van der Waals surface area contributed by atoms with Crippen LogP contribution >= 0.6 is 0 Å². The number of nitrogens with zero attached hydrogens (tertiary/aromatic N) is 1. The lowest BCUT2D eigenvalue weighted by atomic mass is 10.1. The van der Waals surface area contributed by atoms with Crippen LogP contribution in [0, 0.1) is 0 Å². The van der Waals surface area contributed by atoms with Gasteiger partial charge in [0, 0.05) is 13.1 Å². The molecular formula is C12H19N3O2. The highest BCUT2D eigenvalue weighted by Crippen LogP contribution is 2.24. The number of nitrogens with two attached hydrogens (primary N) is 1. The van der Waals surface area contributed by atoms with Gasteiger partial charge in [-0.1, -0.05) is 6.07 Å². The average Bonchev–Trinajstić information content (AvgIpc) is 2.28. The molecule has 1 amide bonds. The summed E-state index contributed by atoms with van der Waals surface area (Å²) in [5, 5.41) is 2.81. The van der Waals surface area contributed by atoms with Crippen LogP contribution in [-0.2, 0) is 0 Å². The molecule has 1 aromatic rings. The highest BCUT2D eigenvalue weighted by atomic mass is 16.5. The zero-order valence-corrected chi connectivity index (χ0v) is 10.5. The van der Waals surface area contributed by atoms with E-state index in [1.807, 2.05) is 19.0 Å². The summed E-state index contributed by atoms with van der Waals surface area (Å²) in [6.45, 7) is 1.37. The highest BCUT2D eigenvalue weighted by molar-refractivity contribution is 6.00. The first-order valence-electron chi connectivity index (χ1n) is 5.41. The fourth-order valence-electron chi connectivity index (χ4n) is 1.41. The summed E-state index contributed by atoms with van der Waals surface area (Å²) in [4.78, 5) is 13.8. The van der Waals surface area contributed by atoms with E-state index in [1.165, 1.54) is 7.11 Å². The Hall–Kier alpha value is -1.75. The Balaban J connectivity index is 2.69. The molecule has 17 heavy (non-hydrogen) atoms. The van der Waals surface area contributed by atoms with Crippen molar-refractivity contribution in [2.24, 2.45) is 0 Å². The molecular weight excluding hydrogens is 218 g/mol. The van der Waals surface area contributed by atoms with E-state index in [-0.39, 0.29) is 5.91 Å². The molecule has 0 saturated heterocycles. The molecule has 0 aliphatic carbocycles. The molecule has 0 unspecified atom stereocenters. The molecule has 0 aromatic heterocycles. The van der Waals surface area contributed by atoms with Crippen LogP contribution in [0.25, 0.3) is 0 Å². The Kier molecular flexibility index (Phi) is 4.78. The van der Waals surface area contributed by atoms with Crippen LogP contribution in [0.5, 0.6) is 5.75 Å². The number of hydrogen-bond acceptors (Lipinski definition) is 4. The van der Waals surface area contributed by atoms with Gasteiger partial charge >= 0.3 is 0 Å². The monoisotopic (exact) mass is 237 g/mol. The predicted octanol–water partition coefficient (Wildman–Crippen LogP) is 0.569. The Morgan fingerprint density at radius 3 is 2.76 bits per heavy atom. The number of para-hydroxylation sites is 1. The summed E-state index contributed by atoms with van der Waals surface area (Å²) >= 11 is 0. The number of ether oxygens (including phenoxy) is 1. The van der Waals surface area contributed by atoms with Gasteiger partial charge in [-0.15, -0.1) is 0 Å². The van der Waals surface area contributed by atoms with Crippen LogP contribution in [0.1, 0.15) is 10.4 Å². The number of nitrogens with one attached hydrogen (secondary N) is 1. The van der Waals surface area contributed by atoms with E-state index in [4.69, 9.17) is 10.5 Å². The normalized spacial score (nSPS) is 10.4. The number of benzene rings is 1. The van der Waals surface area contributed by atoms with E-state index in [0.717, 1.165) is 6.54 Å². The Labute approximate surface area is 102 Å². The maximum Gasteiger partial charge on any atom is 0.253 e. The molecule has 5 heteroatoms. The van der Waals surface area contributed by atoms with Gasteiger partial charge in [-0.05, 0) is 26.2 Å². The lowest BCUT2D eigenvalue weighted by Gasteiger charge is -2.12. The van der Waals surface area contributed by atoms with Gasteiger partial charge < -0.3 is 20.7 Å². The molecule has 3 N–H and O–H groups in total. The number of likely N-dealkylation sites (N-methyl/N-ethyl adjacent to an activating group) is 1.